The van der Waals surface area contributed by atoms with Crippen molar-refractivity contribution < 1.29 is 0 Å². The van der Waals surface area contributed by atoms with Crippen LogP contribution in [-0.4, -0.2) is 14.0 Å². The highest BCUT2D eigenvalue weighted by molar-refractivity contribution is 6.13. The van der Waals surface area contributed by atoms with E-state index in [1.165, 1.54) is 16.9 Å². The molecule has 1 unspecified atom stereocenters. The molecule has 0 fully saturated rings. The van der Waals surface area contributed by atoms with Crippen molar-refractivity contribution in [3.05, 3.63) is 83.9 Å². The summed E-state index contributed by atoms with van der Waals surface area (Å²) >= 11 is 6.63. The van der Waals surface area contributed by atoms with Crippen LogP contribution in [0, 0.1) is 0 Å². The Balaban J connectivity index is 1.93. The van der Waals surface area contributed by atoms with Gasteiger partial charge in [-0.25, -0.2) is 4.42 Å². The number of nitrogens with zero attached hydrogens (tertiary/aromatic N) is 3. The molecule has 0 amide bonds. The van der Waals surface area contributed by atoms with E-state index in [1.54, 1.807) is 0 Å². The molecule has 0 aliphatic carbocycles. The maximum absolute atomic E-state index is 6.63. The molecule has 1 aliphatic heterocycles. The fourth-order valence-electron chi connectivity index (χ4n) is 2.99. The average Bonchev–Trinajstić information content (AvgIpc) is 2.94. The Kier molecular flexibility index (Phi) is 3.02. The minimum absolute atomic E-state index is 0.0112. The second kappa shape index (κ2) is 5.02. The molecule has 21 heavy (non-hydrogen) atoms. The summed E-state index contributed by atoms with van der Waals surface area (Å²) in [6.45, 7) is 0.701. The average molecular weight is 296 g/mol. The van der Waals surface area contributed by atoms with Gasteiger partial charge in [-0.3, -0.25) is 4.98 Å². The zero-order valence-corrected chi connectivity index (χ0v) is 12.1. The van der Waals surface area contributed by atoms with Gasteiger partial charge in [0.25, 0.3) is 0 Å². The van der Waals surface area contributed by atoms with Crippen LogP contribution in [0.4, 0.5) is 0 Å². The molecule has 3 nitrogen and oxygen atoms in total. The third kappa shape index (κ3) is 2.06. The van der Waals surface area contributed by atoms with E-state index >= 15 is 0 Å². The van der Waals surface area contributed by atoms with E-state index in [4.69, 9.17) is 11.8 Å². The monoisotopic (exact) mass is 295 g/mol. The molecule has 0 spiro atoms. The number of benzene rings is 1. The summed E-state index contributed by atoms with van der Waals surface area (Å²) in [6, 6.07) is 16.6. The number of hydrogen-bond acceptors (Lipinski definition) is 2. The van der Waals surface area contributed by atoms with Gasteiger partial charge >= 0.3 is 0 Å². The molecule has 0 N–H and O–H groups in total. The van der Waals surface area contributed by atoms with Crippen LogP contribution in [0.25, 0.3) is 5.69 Å². The summed E-state index contributed by atoms with van der Waals surface area (Å²) in [5, 5.41) is 0. The van der Waals surface area contributed by atoms with Crippen LogP contribution in [0.5, 0.6) is 0 Å². The fourth-order valence-corrected chi connectivity index (χ4v) is 3.33. The topological polar surface area (TPSA) is 21.1 Å². The first-order chi connectivity index (χ1) is 10.3. The maximum atomic E-state index is 6.63. The molecule has 1 aromatic carbocycles. The lowest BCUT2D eigenvalue weighted by atomic mass is 10.1. The SMILES string of the molecule is ClN1Cc2ccccc2-n2cccc2C1c1ccncc1. The lowest BCUT2D eigenvalue weighted by molar-refractivity contribution is 0.383. The molecule has 0 radical (unpaired) electrons. The van der Waals surface area contributed by atoms with Crippen LogP contribution >= 0.6 is 11.8 Å². The van der Waals surface area contributed by atoms with Crippen LogP contribution in [-0.2, 0) is 6.54 Å². The molecule has 1 aliphatic rings. The Morgan fingerprint density at radius 1 is 1.00 bits per heavy atom. The predicted molar refractivity (Wildman–Crippen MR) is 83.2 cm³/mol. The first kappa shape index (κ1) is 12.6. The van der Waals surface area contributed by atoms with E-state index in [0.29, 0.717) is 6.54 Å². The molecule has 1 atom stereocenters. The maximum Gasteiger partial charge on any atom is 0.0910 e. The van der Waals surface area contributed by atoms with Crippen molar-refractivity contribution >= 4 is 11.8 Å². The zero-order chi connectivity index (χ0) is 14.2. The van der Waals surface area contributed by atoms with Crippen molar-refractivity contribution in [1.29, 1.82) is 0 Å². The molecular formula is C17H14ClN3. The normalized spacial score (nSPS) is 17.9. The third-order valence-electron chi connectivity index (χ3n) is 3.93. The van der Waals surface area contributed by atoms with Gasteiger partial charge in [-0.05, 0) is 53.2 Å². The van der Waals surface area contributed by atoms with Gasteiger partial charge in [0.2, 0.25) is 0 Å². The Labute approximate surface area is 128 Å². The Bertz CT molecular complexity index is 766. The summed E-state index contributed by atoms with van der Waals surface area (Å²) in [7, 11) is 0. The lowest BCUT2D eigenvalue weighted by Gasteiger charge is -2.23. The van der Waals surface area contributed by atoms with Crippen LogP contribution in [0.1, 0.15) is 22.9 Å². The Hall–Kier alpha value is -2.10. The van der Waals surface area contributed by atoms with E-state index < -0.39 is 0 Å². The molecular weight excluding hydrogens is 282 g/mol. The highest BCUT2D eigenvalue weighted by atomic mass is 35.5. The van der Waals surface area contributed by atoms with E-state index in [1.807, 2.05) is 28.9 Å². The molecule has 3 aromatic rings. The van der Waals surface area contributed by atoms with E-state index in [2.05, 4.69) is 52.1 Å². The van der Waals surface area contributed by atoms with Crippen LogP contribution in [0.15, 0.2) is 67.1 Å². The minimum Gasteiger partial charge on any atom is -0.319 e. The third-order valence-corrected chi connectivity index (χ3v) is 4.25. The number of aromatic nitrogens is 2. The number of para-hydroxylation sites is 1. The molecule has 0 saturated carbocycles. The number of pyridine rings is 1. The summed E-state index contributed by atoms with van der Waals surface area (Å²) < 4.78 is 4.09. The van der Waals surface area contributed by atoms with Gasteiger partial charge < -0.3 is 4.57 Å². The van der Waals surface area contributed by atoms with E-state index in [-0.39, 0.29) is 6.04 Å². The van der Waals surface area contributed by atoms with Gasteiger partial charge in [-0.2, -0.15) is 0 Å². The molecule has 0 saturated heterocycles. The van der Waals surface area contributed by atoms with Gasteiger partial charge in [0.1, 0.15) is 0 Å². The molecule has 4 rings (SSSR count). The number of halogens is 1. The first-order valence-corrected chi connectivity index (χ1v) is 7.26. The van der Waals surface area contributed by atoms with Crippen molar-refractivity contribution in [2.75, 3.05) is 0 Å². The van der Waals surface area contributed by atoms with Crippen molar-refractivity contribution in [1.82, 2.24) is 14.0 Å². The van der Waals surface area contributed by atoms with Gasteiger partial charge in [-0.1, -0.05) is 18.2 Å². The molecule has 104 valence electrons. The number of hydrogen-bond donors (Lipinski definition) is 0. The molecule has 3 heterocycles. The largest absolute Gasteiger partial charge is 0.319 e. The van der Waals surface area contributed by atoms with Crippen LogP contribution < -0.4 is 0 Å². The fraction of sp³-hybridized carbons (Fsp3) is 0.118. The van der Waals surface area contributed by atoms with Crippen molar-refractivity contribution in [2.45, 2.75) is 12.6 Å². The standard InChI is InChI=1S/C17H14ClN3/c18-21-12-14-4-1-2-5-15(14)20-11-3-6-16(20)17(21)13-7-9-19-10-8-13/h1-11,17H,12H2. The molecule has 2 aromatic heterocycles. The van der Waals surface area contributed by atoms with Crippen molar-refractivity contribution in [2.24, 2.45) is 0 Å². The Morgan fingerprint density at radius 3 is 2.67 bits per heavy atom. The Morgan fingerprint density at radius 2 is 1.81 bits per heavy atom. The van der Waals surface area contributed by atoms with Crippen LogP contribution in [0.3, 0.4) is 0 Å². The van der Waals surface area contributed by atoms with Gasteiger partial charge in [0.05, 0.1) is 6.04 Å². The lowest BCUT2D eigenvalue weighted by Crippen LogP contribution is -2.19. The molecule has 0 bridgehead atoms. The van der Waals surface area contributed by atoms with Gasteiger partial charge in [0, 0.05) is 36.5 Å². The quantitative estimate of drug-likeness (QED) is 0.634. The van der Waals surface area contributed by atoms with E-state index in [0.717, 1.165) is 5.56 Å². The molecule has 4 heteroatoms. The highest BCUT2D eigenvalue weighted by Crippen LogP contribution is 2.37. The highest BCUT2D eigenvalue weighted by Gasteiger charge is 2.28. The first-order valence-electron chi connectivity index (χ1n) is 6.92. The summed E-state index contributed by atoms with van der Waals surface area (Å²) in [6.07, 6.45) is 5.72. The summed E-state index contributed by atoms with van der Waals surface area (Å²) in [4.78, 5) is 4.10. The summed E-state index contributed by atoms with van der Waals surface area (Å²) in [5.41, 5.74) is 4.73. The second-order valence-electron chi connectivity index (χ2n) is 5.17. The van der Waals surface area contributed by atoms with E-state index in [9.17, 15) is 0 Å². The number of fused-ring (bicyclic) bond motifs is 3. The number of rotatable bonds is 1. The smallest absolute Gasteiger partial charge is 0.0910 e. The summed E-state index contributed by atoms with van der Waals surface area (Å²) in [5.74, 6) is 0. The predicted octanol–water partition coefficient (Wildman–Crippen LogP) is 3.93. The van der Waals surface area contributed by atoms with Crippen LogP contribution in [0.2, 0.25) is 0 Å². The minimum atomic E-state index is 0.0112. The zero-order valence-electron chi connectivity index (χ0n) is 11.4. The van der Waals surface area contributed by atoms with Gasteiger partial charge in [0.15, 0.2) is 0 Å². The van der Waals surface area contributed by atoms with Gasteiger partial charge in [-0.15, -0.1) is 0 Å². The van der Waals surface area contributed by atoms with Crippen molar-refractivity contribution in [3.63, 3.8) is 0 Å². The van der Waals surface area contributed by atoms with Crippen molar-refractivity contribution in [3.8, 4) is 5.69 Å². The second-order valence-corrected chi connectivity index (χ2v) is 5.61.